The lowest BCUT2D eigenvalue weighted by atomic mass is 10.1. The van der Waals surface area contributed by atoms with Crippen LogP contribution in [0.15, 0.2) is 0 Å². The molecular weight excluding hydrogens is 176 g/mol. The summed E-state index contributed by atoms with van der Waals surface area (Å²) in [5, 5.41) is 14.0. The number of aromatic nitrogens is 2. The zero-order chi connectivity index (χ0) is 10.7. The molecule has 0 amide bonds. The van der Waals surface area contributed by atoms with Gasteiger partial charge in [0.2, 0.25) is 0 Å². The Labute approximate surface area is 85.8 Å². The molecule has 0 aliphatic rings. The highest BCUT2D eigenvalue weighted by Gasteiger charge is 2.14. The summed E-state index contributed by atoms with van der Waals surface area (Å²) in [6.45, 7) is 8.90. The van der Waals surface area contributed by atoms with Crippen molar-refractivity contribution in [2.24, 2.45) is 0 Å². The summed E-state index contributed by atoms with van der Waals surface area (Å²) in [6.07, 6.45) is 1.90. The third-order valence-electron chi connectivity index (χ3n) is 2.58. The number of aliphatic hydroxyl groups is 1. The van der Waals surface area contributed by atoms with Crippen molar-refractivity contribution in [2.45, 2.75) is 53.2 Å². The third-order valence-corrected chi connectivity index (χ3v) is 2.58. The van der Waals surface area contributed by atoms with Crippen LogP contribution in [0, 0.1) is 13.8 Å². The highest BCUT2D eigenvalue weighted by Crippen LogP contribution is 2.21. The second kappa shape index (κ2) is 4.60. The maximum absolute atomic E-state index is 9.57. The summed E-state index contributed by atoms with van der Waals surface area (Å²) < 4.78 is 2.00. The quantitative estimate of drug-likeness (QED) is 0.802. The molecular formula is C11H20N2O. The van der Waals surface area contributed by atoms with Gasteiger partial charge in [-0.25, -0.2) is 0 Å². The Morgan fingerprint density at radius 3 is 2.50 bits per heavy atom. The number of aryl methyl sites for hydroxylation is 2. The molecule has 0 aliphatic heterocycles. The Morgan fingerprint density at radius 1 is 1.43 bits per heavy atom. The fourth-order valence-corrected chi connectivity index (χ4v) is 1.84. The van der Waals surface area contributed by atoms with E-state index in [0.717, 1.165) is 29.9 Å². The van der Waals surface area contributed by atoms with Gasteiger partial charge in [-0.05, 0) is 27.2 Å². The van der Waals surface area contributed by atoms with E-state index in [9.17, 15) is 5.11 Å². The average molecular weight is 196 g/mol. The molecule has 1 atom stereocenters. The lowest BCUT2D eigenvalue weighted by Gasteiger charge is -2.06. The van der Waals surface area contributed by atoms with Crippen LogP contribution in [-0.2, 0) is 6.54 Å². The number of rotatable bonds is 4. The molecule has 0 saturated heterocycles. The predicted octanol–water partition coefficient (Wildman–Crippen LogP) is 2.35. The fraction of sp³-hybridized carbons (Fsp3) is 0.727. The lowest BCUT2D eigenvalue weighted by molar-refractivity contribution is 0.197. The fourth-order valence-electron chi connectivity index (χ4n) is 1.84. The van der Waals surface area contributed by atoms with Crippen molar-refractivity contribution in [3.63, 3.8) is 0 Å². The first-order valence-electron chi connectivity index (χ1n) is 5.29. The van der Waals surface area contributed by atoms with E-state index >= 15 is 0 Å². The van der Waals surface area contributed by atoms with Crippen molar-refractivity contribution < 1.29 is 5.11 Å². The Kier molecular flexibility index (Phi) is 3.69. The average Bonchev–Trinajstić information content (AvgIpc) is 2.38. The van der Waals surface area contributed by atoms with Crippen LogP contribution in [0.4, 0.5) is 0 Å². The Bertz CT molecular complexity index is 302. The molecule has 3 nitrogen and oxygen atoms in total. The highest BCUT2D eigenvalue weighted by molar-refractivity contribution is 5.26. The molecule has 1 unspecified atom stereocenters. The van der Waals surface area contributed by atoms with E-state index < -0.39 is 6.10 Å². The minimum Gasteiger partial charge on any atom is -0.389 e. The van der Waals surface area contributed by atoms with Crippen LogP contribution in [0.2, 0.25) is 0 Å². The van der Waals surface area contributed by atoms with Crippen LogP contribution in [0.3, 0.4) is 0 Å². The van der Waals surface area contributed by atoms with Crippen molar-refractivity contribution in [1.29, 1.82) is 0 Å². The van der Waals surface area contributed by atoms with E-state index in [-0.39, 0.29) is 0 Å². The van der Waals surface area contributed by atoms with Crippen LogP contribution in [0.1, 0.15) is 49.7 Å². The van der Waals surface area contributed by atoms with Gasteiger partial charge in [0.15, 0.2) is 0 Å². The zero-order valence-electron chi connectivity index (χ0n) is 9.54. The third kappa shape index (κ3) is 2.15. The lowest BCUT2D eigenvalue weighted by Crippen LogP contribution is -2.03. The van der Waals surface area contributed by atoms with Crippen molar-refractivity contribution >= 4 is 0 Å². The SMILES string of the molecule is CCCCn1nc(C)c(C(C)O)c1C. The van der Waals surface area contributed by atoms with Crippen molar-refractivity contribution in [2.75, 3.05) is 0 Å². The maximum atomic E-state index is 9.57. The number of nitrogens with zero attached hydrogens (tertiary/aromatic N) is 2. The van der Waals surface area contributed by atoms with E-state index in [1.54, 1.807) is 6.92 Å². The number of aliphatic hydroxyl groups excluding tert-OH is 1. The summed E-state index contributed by atoms with van der Waals surface area (Å²) in [7, 11) is 0. The van der Waals surface area contributed by atoms with Gasteiger partial charge in [0.05, 0.1) is 11.8 Å². The predicted molar refractivity (Wildman–Crippen MR) is 57.2 cm³/mol. The Morgan fingerprint density at radius 2 is 2.07 bits per heavy atom. The highest BCUT2D eigenvalue weighted by atomic mass is 16.3. The Balaban J connectivity index is 2.92. The maximum Gasteiger partial charge on any atom is 0.0797 e. The van der Waals surface area contributed by atoms with Gasteiger partial charge in [0.1, 0.15) is 0 Å². The number of hydrogen-bond acceptors (Lipinski definition) is 2. The normalized spacial score (nSPS) is 13.2. The molecule has 1 aromatic rings. The first kappa shape index (κ1) is 11.2. The van der Waals surface area contributed by atoms with Crippen LogP contribution in [0.5, 0.6) is 0 Å². The van der Waals surface area contributed by atoms with Gasteiger partial charge < -0.3 is 5.11 Å². The second-order valence-corrected chi connectivity index (χ2v) is 3.84. The van der Waals surface area contributed by atoms with Crippen LogP contribution < -0.4 is 0 Å². The number of hydrogen-bond donors (Lipinski definition) is 1. The molecule has 0 bridgehead atoms. The van der Waals surface area contributed by atoms with Crippen LogP contribution in [0.25, 0.3) is 0 Å². The minimum absolute atomic E-state index is 0.412. The second-order valence-electron chi connectivity index (χ2n) is 3.84. The van der Waals surface area contributed by atoms with Crippen molar-refractivity contribution in [3.05, 3.63) is 17.0 Å². The summed E-state index contributed by atoms with van der Waals surface area (Å²) in [4.78, 5) is 0. The van der Waals surface area contributed by atoms with Gasteiger partial charge >= 0.3 is 0 Å². The van der Waals surface area contributed by atoms with Crippen LogP contribution >= 0.6 is 0 Å². The molecule has 3 heteroatoms. The standard InChI is InChI=1S/C11H20N2O/c1-5-6-7-13-9(3)11(10(4)14)8(2)12-13/h10,14H,5-7H2,1-4H3. The molecule has 1 heterocycles. The topological polar surface area (TPSA) is 38.0 Å². The summed E-state index contributed by atoms with van der Waals surface area (Å²) in [6, 6.07) is 0. The summed E-state index contributed by atoms with van der Waals surface area (Å²) in [5.41, 5.74) is 3.04. The largest absolute Gasteiger partial charge is 0.389 e. The molecule has 80 valence electrons. The van der Waals surface area contributed by atoms with Gasteiger partial charge in [-0.2, -0.15) is 5.10 Å². The smallest absolute Gasteiger partial charge is 0.0797 e. The molecule has 0 spiro atoms. The summed E-state index contributed by atoms with van der Waals surface area (Å²) >= 11 is 0. The molecule has 0 fully saturated rings. The zero-order valence-corrected chi connectivity index (χ0v) is 9.54. The molecule has 1 rings (SSSR count). The van der Waals surface area contributed by atoms with Gasteiger partial charge in [-0.3, -0.25) is 4.68 Å². The molecule has 0 aromatic carbocycles. The van der Waals surface area contributed by atoms with Crippen LogP contribution in [-0.4, -0.2) is 14.9 Å². The van der Waals surface area contributed by atoms with Crippen molar-refractivity contribution in [1.82, 2.24) is 9.78 Å². The van der Waals surface area contributed by atoms with E-state index in [2.05, 4.69) is 12.0 Å². The van der Waals surface area contributed by atoms with E-state index in [1.807, 2.05) is 18.5 Å². The van der Waals surface area contributed by atoms with Crippen molar-refractivity contribution in [3.8, 4) is 0 Å². The van der Waals surface area contributed by atoms with E-state index in [0.29, 0.717) is 0 Å². The minimum atomic E-state index is -0.412. The number of unbranched alkanes of at least 4 members (excludes halogenated alkanes) is 1. The van der Waals surface area contributed by atoms with E-state index in [4.69, 9.17) is 0 Å². The molecule has 0 saturated carbocycles. The molecule has 0 aliphatic carbocycles. The monoisotopic (exact) mass is 196 g/mol. The molecule has 14 heavy (non-hydrogen) atoms. The van der Waals surface area contributed by atoms with E-state index in [1.165, 1.54) is 6.42 Å². The first-order valence-corrected chi connectivity index (χ1v) is 5.29. The Hall–Kier alpha value is -0.830. The van der Waals surface area contributed by atoms with Gasteiger partial charge in [0, 0.05) is 17.8 Å². The van der Waals surface area contributed by atoms with Gasteiger partial charge in [-0.1, -0.05) is 13.3 Å². The molecule has 1 N–H and O–H groups in total. The first-order chi connectivity index (χ1) is 6.57. The van der Waals surface area contributed by atoms with Gasteiger partial charge in [0.25, 0.3) is 0 Å². The summed E-state index contributed by atoms with van der Waals surface area (Å²) in [5.74, 6) is 0. The molecule has 1 aromatic heterocycles. The van der Waals surface area contributed by atoms with Gasteiger partial charge in [-0.15, -0.1) is 0 Å². The molecule has 0 radical (unpaired) electrons.